The Morgan fingerprint density at radius 3 is 2.42 bits per heavy atom. The van der Waals surface area contributed by atoms with Crippen molar-refractivity contribution in [3.63, 3.8) is 0 Å². The zero-order chi connectivity index (χ0) is 17.4. The van der Waals surface area contributed by atoms with Gasteiger partial charge < -0.3 is 16.0 Å². The van der Waals surface area contributed by atoms with Crippen LogP contribution in [-0.2, 0) is 9.59 Å². The number of para-hydroxylation sites is 1. The standard InChI is InChI=1S/C19H27N3O2/c1-11-5-4-6-12(2)18(11)21-15(23)10-22(3)19(24)16-13-7-8-14(9-13)17(16)20/h4-6,13-14,16-17H,7-10,20H2,1-3H3,(H,21,23). The van der Waals surface area contributed by atoms with Crippen molar-refractivity contribution in [3.05, 3.63) is 29.3 Å². The molecule has 130 valence electrons. The Bertz CT molecular complexity index is 636. The Kier molecular flexibility index (Phi) is 4.63. The van der Waals surface area contributed by atoms with E-state index in [1.54, 1.807) is 7.05 Å². The summed E-state index contributed by atoms with van der Waals surface area (Å²) < 4.78 is 0. The van der Waals surface area contributed by atoms with Gasteiger partial charge in [0.25, 0.3) is 0 Å². The molecule has 24 heavy (non-hydrogen) atoms. The van der Waals surface area contributed by atoms with Gasteiger partial charge in [-0.1, -0.05) is 18.2 Å². The number of carbonyl (C=O) groups excluding carboxylic acids is 2. The molecular formula is C19H27N3O2. The summed E-state index contributed by atoms with van der Waals surface area (Å²) in [5, 5.41) is 2.94. The quantitative estimate of drug-likeness (QED) is 0.888. The average Bonchev–Trinajstić information content (AvgIpc) is 3.11. The molecular weight excluding hydrogens is 302 g/mol. The Labute approximate surface area is 143 Å². The van der Waals surface area contributed by atoms with Crippen LogP contribution < -0.4 is 11.1 Å². The molecule has 5 heteroatoms. The molecule has 0 radical (unpaired) electrons. The third-order valence-electron chi connectivity index (χ3n) is 5.77. The number of anilines is 1. The number of likely N-dealkylation sites (N-methyl/N-ethyl adjacent to an activating group) is 1. The molecule has 2 aliphatic rings. The van der Waals surface area contributed by atoms with Crippen molar-refractivity contribution in [1.82, 2.24) is 4.90 Å². The molecule has 2 bridgehead atoms. The maximum absolute atomic E-state index is 12.7. The van der Waals surface area contributed by atoms with Gasteiger partial charge in [0.2, 0.25) is 11.8 Å². The minimum atomic E-state index is -0.167. The largest absolute Gasteiger partial charge is 0.336 e. The molecule has 3 N–H and O–H groups in total. The normalized spacial score (nSPS) is 28.0. The minimum Gasteiger partial charge on any atom is -0.336 e. The van der Waals surface area contributed by atoms with Crippen molar-refractivity contribution in [3.8, 4) is 0 Å². The fraction of sp³-hybridized carbons (Fsp3) is 0.579. The molecule has 1 aromatic rings. The number of nitrogens with two attached hydrogens (primary N) is 1. The van der Waals surface area contributed by atoms with Crippen LogP contribution in [0.5, 0.6) is 0 Å². The van der Waals surface area contributed by atoms with Crippen LogP contribution in [0.3, 0.4) is 0 Å². The van der Waals surface area contributed by atoms with E-state index in [0.29, 0.717) is 11.8 Å². The van der Waals surface area contributed by atoms with E-state index in [4.69, 9.17) is 5.73 Å². The molecule has 1 aromatic carbocycles. The second-order valence-corrected chi connectivity index (χ2v) is 7.45. The lowest BCUT2D eigenvalue weighted by atomic mass is 9.84. The van der Waals surface area contributed by atoms with Gasteiger partial charge in [-0.05, 0) is 56.1 Å². The minimum absolute atomic E-state index is 0.0198. The van der Waals surface area contributed by atoms with Gasteiger partial charge in [-0.2, -0.15) is 0 Å². The molecule has 0 aromatic heterocycles. The zero-order valence-corrected chi connectivity index (χ0v) is 14.7. The van der Waals surface area contributed by atoms with Crippen LogP contribution in [0, 0.1) is 31.6 Å². The molecule has 4 atom stereocenters. The van der Waals surface area contributed by atoms with Gasteiger partial charge in [-0.15, -0.1) is 0 Å². The Morgan fingerprint density at radius 1 is 1.21 bits per heavy atom. The molecule has 2 amide bonds. The van der Waals surface area contributed by atoms with Gasteiger partial charge in [-0.25, -0.2) is 0 Å². The van der Waals surface area contributed by atoms with E-state index in [1.807, 2.05) is 32.0 Å². The summed E-state index contributed by atoms with van der Waals surface area (Å²) in [5.41, 5.74) is 9.12. The van der Waals surface area contributed by atoms with E-state index in [2.05, 4.69) is 5.32 Å². The summed E-state index contributed by atoms with van der Waals surface area (Å²) in [6.07, 6.45) is 3.31. The van der Waals surface area contributed by atoms with Crippen LogP contribution in [0.4, 0.5) is 5.69 Å². The van der Waals surface area contributed by atoms with Crippen molar-refractivity contribution < 1.29 is 9.59 Å². The average molecular weight is 329 g/mol. The lowest BCUT2D eigenvalue weighted by Crippen LogP contribution is -2.47. The van der Waals surface area contributed by atoms with Crippen molar-refractivity contribution in [1.29, 1.82) is 0 Å². The number of fused-ring (bicyclic) bond motifs is 2. The Morgan fingerprint density at radius 2 is 1.83 bits per heavy atom. The predicted molar refractivity (Wildman–Crippen MR) is 94.5 cm³/mol. The Hall–Kier alpha value is -1.88. The second kappa shape index (κ2) is 6.55. The van der Waals surface area contributed by atoms with E-state index in [0.717, 1.165) is 36.1 Å². The highest BCUT2D eigenvalue weighted by Gasteiger charge is 2.49. The van der Waals surface area contributed by atoms with Gasteiger partial charge >= 0.3 is 0 Å². The summed E-state index contributed by atoms with van der Waals surface area (Å²) >= 11 is 0. The van der Waals surface area contributed by atoms with Crippen LogP contribution in [0.1, 0.15) is 30.4 Å². The lowest BCUT2D eigenvalue weighted by Gasteiger charge is -2.30. The highest BCUT2D eigenvalue weighted by molar-refractivity contribution is 5.96. The van der Waals surface area contributed by atoms with Crippen LogP contribution in [0.25, 0.3) is 0 Å². The van der Waals surface area contributed by atoms with E-state index in [9.17, 15) is 9.59 Å². The van der Waals surface area contributed by atoms with Crippen molar-refractivity contribution >= 4 is 17.5 Å². The number of amides is 2. The molecule has 4 unspecified atom stereocenters. The molecule has 3 rings (SSSR count). The first-order chi connectivity index (χ1) is 11.4. The summed E-state index contributed by atoms with van der Waals surface area (Å²) in [6.45, 7) is 3.99. The lowest BCUT2D eigenvalue weighted by molar-refractivity contribution is -0.138. The highest BCUT2D eigenvalue weighted by atomic mass is 16.2. The number of nitrogens with one attached hydrogen (secondary N) is 1. The number of aryl methyl sites for hydroxylation is 2. The molecule has 5 nitrogen and oxygen atoms in total. The maximum Gasteiger partial charge on any atom is 0.243 e. The van der Waals surface area contributed by atoms with E-state index in [-0.39, 0.29) is 30.3 Å². The van der Waals surface area contributed by atoms with Gasteiger partial charge in [0, 0.05) is 18.8 Å². The van der Waals surface area contributed by atoms with Crippen molar-refractivity contribution in [2.45, 2.75) is 39.2 Å². The summed E-state index contributed by atoms with van der Waals surface area (Å²) in [7, 11) is 1.70. The van der Waals surface area contributed by atoms with Crippen LogP contribution in [0.2, 0.25) is 0 Å². The smallest absolute Gasteiger partial charge is 0.243 e. The number of carbonyl (C=O) groups is 2. The highest BCUT2D eigenvalue weighted by Crippen LogP contribution is 2.48. The number of rotatable bonds is 4. The predicted octanol–water partition coefficient (Wildman–Crippen LogP) is 2.07. The molecule has 2 aliphatic carbocycles. The third-order valence-corrected chi connectivity index (χ3v) is 5.77. The topological polar surface area (TPSA) is 75.4 Å². The fourth-order valence-corrected chi connectivity index (χ4v) is 4.44. The molecule has 2 saturated carbocycles. The number of hydrogen-bond acceptors (Lipinski definition) is 3. The molecule has 0 aliphatic heterocycles. The number of nitrogens with zero attached hydrogens (tertiary/aromatic N) is 1. The Balaban J connectivity index is 1.61. The van der Waals surface area contributed by atoms with Crippen molar-refractivity contribution in [2.24, 2.45) is 23.5 Å². The van der Waals surface area contributed by atoms with Crippen LogP contribution >= 0.6 is 0 Å². The molecule has 0 spiro atoms. The van der Waals surface area contributed by atoms with Gasteiger partial charge in [0.15, 0.2) is 0 Å². The summed E-state index contributed by atoms with van der Waals surface area (Å²) in [5.74, 6) is 0.635. The maximum atomic E-state index is 12.7. The van der Waals surface area contributed by atoms with E-state index in [1.165, 1.54) is 4.90 Å². The monoisotopic (exact) mass is 329 g/mol. The number of hydrogen-bond donors (Lipinski definition) is 2. The number of benzene rings is 1. The zero-order valence-electron chi connectivity index (χ0n) is 14.7. The molecule has 0 saturated heterocycles. The summed E-state index contributed by atoms with van der Waals surface area (Å²) in [4.78, 5) is 26.6. The van der Waals surface area contributed by atoms with Gasteiger partial charge in [0.1, 0.15) is 0 Å². The first kappa shape index (κ1) is 17.0. The van der Waals surface area contributed by atoms with Crippen LogP contribution in [0.15, 0.2) is 18.2 Å². The van der Waals surface area contributed by atoms with Gasteiger partial charge in [0.05, 0.1) is 12.5 Å². The molecule has 0 heterocycles. The first-order valence-corrected chi connectivity index (χ1v) is 8.75. The molecule has 2 fully saturated rings. The summed E-state index contributed by atoms with van der Waals surface area (Å²) in [6, 6.07) is 5.85. The second-order valence-electron chi connectivity index (χ2n) is 7.45. The fourth-order valence-electron chi connectivity index (χ4n) is 4.44. The van der Waals surface area contributed by atoms with E-state index < -0.39 is 0 Å². The SMILES string of the molecule is Cc1cccc(C)c1NC(=O)CN(C)C(=O)C1C2CCC(C2)C1N. The first-order valence-electron chi connectivity index (χ1n) is 8.75. The van der Waals surface area contributed by atoms with Crippen molar-refractivity contribution in [2.75, 3.05) is 18.9 Å². The van der Waals surface area contributed by atoms with Crippen LogP contribution in [-0.4, -0.2) is 36.3 Å². The third kappa shape index (κ3) is 3.05. The van der Waals surface area contributed by atoms with E-state index >= 15 is 0 Å². The van der Waals surface area contributed by atoms with Gasteiger partial charge in [-0.3, -0.25) is 9.59 Å².